The number of aromatic nitrogens is 4. The van der Waals surface area contributed by atoms with Gasteiger partial charge in [-0.3, -0.25) is 14.4 Å². The normalized spacial score (nSPS) is 12.0. The summed E-state index contributed by atoms with van der Waals surface area (Å²) in [6, 6.07) is 24.9. The maximum Gasteiger partial charge on any atom is 0.242 e. The van der Waals surface area contributed by atoms with Gasteiger partial charge in [0.25, 0.3) is 0 Å². The van der Waals surface area contributed by atoms with Gasteiger partial charge in [0, 0.05) is 56.7 Å². The lowest BCUT2D eigenvalue weighted by molar-refractivity contribution is -0.116. The molecule has 35 nitrogen and oxygen atoms in total. The number of fused-ring (bicyclic) bond motifs is 3. The quantitative estimate of drug-likeness (QED) is 0.0140. The van der Waals surface area contributed by atoms with Gasteiger partial charge in [0.2, 0.25) is 58.1 Å². The third kappa shape index (κ3) is 22.0. The molecule has 0 spiro atoms. The number of ether oxygens (including phenoxy) is 2. The van der Waals surface area contributed by atoms with E-state index < -0.39 is 36.0 Å². The summed E-state index contributed by atoms with van der Waals surface area (Å²) < 4.78 is 93.9. The van der Waals surface area contributed by atoms with Crippen LogP contribution in [0.25, 0.3) is 32.0 Å². The molecule has 4 aromatic heterocycles. The Morgan fingerprint density at radius 2 is 1.03 bits per heavy atom. The van der Waals surface area contributed by atoms with Crippen LogP contribution < -0.4 is 25.8 Å². The highest BCUT2D eigenvalue weighted by atomic mass is 35.5. The van der Waals surface area contributed by atoms with Crippen molar-refractivity contribution in [1.29, 1.82) is 0 Å². The minimum atomic E-state index is -3.80. The summed E-state index contributed by atoms with van der Waals surface area (Å²) in [5.41, 5.74) is 3.55. The Bertz CT molecular complexity index is 5700. The lowest BCUT2D eigenvalue weighted by atomic mass is 10.2. The third-order valence-electron chi connectivity index (χ3n) is 13.3. The van der Waals surface area contributed by atoms with Crippen LogP contribution in [-0.4, -0.2) is 135 Å². The standard InChI is InChI=1S/C19H20N6O5S2.C18H18N6O5S2.C13H8Cl2N4O3S2.C12H11ClN4O2S/c1-11(26)21-17-8-12(7-16(18(17)27)20-10-30-4)22-23-19-14-9-13(32(28,29)25(2)3)5-6-15(14)24-31-19;1-10(25)21-16-7-11(6-15(17(16)26)20-9-29-3)22-23-18-13-8-12(31(27,28)19-2)4-5-14(13)24-30-18;14-8-3-6(4-9(15)12(8)20)18-19-13-17-10-5-7(24(16,21)22)1-2-11(10)23-13;1-2-10(18)15-9-6-7(5-8(13)11(9)19)16-17-12-14-3-4-20-12/h5-10,27H,1-4H3,(H,21,26);4-9,19,26H,1-3H3,(H,21,25);1-5,20H,(H2,16,21,22);3-6,19H,2H2,1H3,(H,15,18). The van der Waals surface area contributed by atoms with E-state index in [-0.39, 0.29) is 104 Å². The van der Waals surface area contributed by atoms with Gasteiger partial charge in [-0.25, -0.2) is 59.4 Å². The molecule has 107 heavy (non-hydrogen) atoms. The highest BCUT2D eigenvalue weighted by molar-refractivity contribution is 7.89. The zero-order valence-corrected chi connectivity index (χ0v) is 64.4. The van der Waals surface area contributed by atoms with Crippen molar-refractivity contribution in [2.45, 2.75) is 41.9 Å². The first-order chi connectivity index (χ1) is 50.7. The molecule has 4 heterocycles. The number of carbonyl (C=O) groups excluding carboxylic acids is 3. The monoisotopic (exact) mass is 1650 g/mol. The number of nitrogens with two attached hydrogens (primary N) is 1. The number of aliphatic imine (C=N–C) groups is 2. The molecule has 0 saturated carbocycles. The summed E-state index contributed by atoms with van der Waals surface area (Å²) in [4.78, 5) is 50.5. The Hall–Kier alpha value is -10.6. The molecule has 0 aliphatic rings. The molecule has 11 aromatic rings. The number of benzene rings is 7. The average Bonchev–Trinajstić information content (AvgIpc) is 1.67. The van der Waals surface area contributed by atoms with Crippen molar-refractivity contribution in [2.75, 3.05) is 51.3 Å². The summed E-state index contributed by atoms with van der Waals surface area (Å²) in [6.45, 7) is 4.31. The number of phenols is 4. The van der Waals surface area contributed by atoms with Gasteiger partial charge in [0.1, 0.15) is 11.4 Å². The molecule has 558 valence electrons. The number of amides is 3. The van der Waals surface area contributed by atoms with Crippen LogP contribution >= 0.6 is 80.5 Å². The number of rotatable bonds is 21. The van der Waals surface area contributed by atoms with Crippen LogP contribution in [0, 0.1) is 0 Å². The molecule has 0 radical (unpaired) electrons. The number of halogens is 3. The van der Waals surface area contributed by atoms with Crippen molar-refractivity contribution in [1.82, 2.24) is 27.7 Å². The minimum absolute atomic E-state index is 0.0270. The fourth-order valence-electron chi connectivity index (χ4n) is 8.30. The predicted octanol–water partition coefficient (Wildman–Crippen LogP) is 16.2. The van der Waals surface area contributed by atoms with Gasteiger partial charge in [-0.05, 0) is 133 Å². The maximum absolute atomic E-state index is 12.4. The minimum Gasteiger partial charge on any atom is -0.505 e. The number of carbonyl (C=O) groups is 3. The van der Waals surface area contributed by atoms with E-state index >= 15 is 0 Å². The number of hydrogen-bond donors (Lipinski definition) is 9. The molecule has 7 aromatic carbocycles. The third-order valence-corrected chi connectivity index (χ3v) is 21.4. The van der Waals surface area contributed by atoms with E-state index in [9.17, 15) is 60.1 Å². The number of sulfonamides is 3. The second-order valence-corrected chi connectivity index (χ2v) is 31.3. The Balaban J connectivity index is 0.000000183. The summed E-state index contributed by atoms with van der Waals surface area (Å²) in [7, 11) is -4.02. The van der Waals surface area contributed by atoms with Crippen molar-refractivity contribution in [3.63, 3.8) is 0 Å². The van der Waals surface area contributed by atoms with E-state index in [1.807, 2.05) is 0 Å². The van der Waals surface area contributed by atoms with Crippen LogP contribution in [-0.2, 0) is 53.9 Å². The highest BCUT2D eigenvalue weighted by Crippen LogP contribution is 2.44. The van der Waals surface area contributed by atoms with Crippen LogP contribution in [0.5, 0.6) is 23.0 Å². The molecule has 11 rings (SSSR count). The first kappa shape index (κ1) is 82.1. The number of nitrogens with zero attached hydrogens (tertiary/aromatic N) is 15. The predicted molar refractivity (Wildman–Crippen MR) is 411 cm³/mol. The van der Waals surface area contributed by atoms with E-state index in [1.165, 1.54) is 157 Å². The van der Waals surface area contributed by atoms with Gasteiger partial charge >= 0.3 is 0 Å². The molecule has 10 N–H and O–H groups in total. The first-order valence-corrected chi connectivity index (χ1v) is 38.6. The molecule has 0 unspecified atom stereocenters. The van der Waals surface area contributed by atoms with Crippen LogP contribution in [0.4, 0.5) is 71.5 Å². The number of azo groups is 4. The molecule has 0 bridgehead atoms. The number of hydrogen-bond acceptors (Lipinski definition) is 33. The Morgan fingerprint density at radius 3 is 1.50 bits per heavy atom. The number of aromatic hydroxyl groups is 4. The lowest BCUT2D eigenvalue weighted by Crippen LogP contribution is -2.22. The van der Waals surface area contributed by atoms with Crippen LogP contribution in [0.1, 0.15) is 27.2 Å². The Morgan fingerprint density at radius 1 is 0.570 bits per heavy atom. The zero-order valence-electron chi connectivity index (χ0n) is 56.4. The summed E-state index contributed by atoms with van der Waals surface area (Å²) in [6.07, 6.45) is 4.16. The van der Waals surface area contributed by atoms with E-state index in [0.717, 1.165) is 44.9 Å². The number of primary sulfonamides is 1. The fourth-order valence-corrected chi connectivity index (χ4v) is 13.8. The second-order valence-electron chi connectivity index (χ2n) is 21.1. The van der Waals surface area contributed by atoms with Gasteiger partial charge in [-0.15, -0.1) is 52.3 Å². The number of thiazole rings is 2. The summed E-state index contributed by atoms with van der Waals surface area (Å²) in [5.74, 6) is -1.95. The molecular weight excluding hydrogens is 1600 g/mol. The van der Waals surface area contributed by atoms with Gasteiger partial charge < -0.3 is 45.9 Å². The van der Waals surface area contributed by atoms with Gasteiger partial charge in [-0.1, -0.05) is 53.1 Å². The summed E-state index contributed by atoms with van der Waals surface area (Å²) in [5, 5.41) is 89.6. The van der Waals surface area contributed by atoms with E-state index in [4.69, 9.17) is 49.4 Å². The van der Waals surface area contributed by atoms with Crippen molar-refractivity contribution in [3.8, 4) is 23.0 Å². The van der Waals surface area contributed by atoms with E-state index in [2.05, 4.69) is 90.3 Å². The number of anilines is 3. The van der Waals surface area contributed by atoms with Crippen LogP contribution in [0.2, 0.25) is 15.1 Å². The summed E-state index contributed by atoms with van der Waals surface area (Å²) >= 11 is 22.2. The van der Waals surface area contributed by atoms with Crippen LogP contribution in [0.3, 0.4) is 0 Å². The molecule has 0 aliphatic carbocycles. The topological polar surface area (TPSA) is 506 Å². The first-order valence-electron chi connectivity index (χ1n) is 29.8. The van der Waals surface area contributed by atoms with Crippen molar-refractivity contribution in [2.24, 2.45) is 56.0 Å². The second kappa shape index (κ2) is 36.6. The highest BCUT2D eigenvalue weighted by Gasteiger charge is 2.22. The Labute approximate surface area is 639 Å². The molecule has 45 heteroatoms. The average molecular weight is 1650 g/mol. The molecule has 0 atom stereocenters. The smallest absolute Gasteiger partial charge is 0.242 e. The van der Waals surface area contributed by atoms with Gasteiger partial charge in [0.15, 0.2) is 45.8 Å². The molecule has 3 amide bonds. The Kier molecular flexibility index (Phi) is 28.1. The maximum atomic E-state index is 12.4. The molecule has 0 saturated heterocycles. The van der Waals surface area contributed by atoms with Crippen molar-refractivity contribution < 1.29 is 69.5 Å². The van der Waals surface area contributed by atoms with Crippen molar-refractivity contribution >= 4 is 245 Å². The largest absolute Gasteiger partial charge is 0.505 e. The van der Waals surface area contributed by atoms with E-state index in [1.54, 1.807) is 36.7 Å². The SMILES string of the molecule is CCC(=O)Nc1cc(N=Nc2nccs2)cc(Cl)c1O.CNS(=O)(=O)c1ccc2nsc(N=Nc3cc(N=COC)c(O)c(NC(C)=O)c3)c2c1.COC=Nc1cc(N=Nc2snc3ccc(S(=O)(=O)N(C)C)cc23)cc(NC(C)=O)c1O.NS(=O)(=O)c1ccc2sc(N=Nc3cc(Cl)c(O)c(Cl)c3)nc2c1. The fraction of sp³-hybridized carbons (Fsp3) is 0.145. The van der Waals surface area contributed by atoms with Gasteiger partial charge in [-0.2, -0.15) is 8.75 Å². The van der Waals surface area contributed by atoms with Crippen LogP contribution in [0.15, 0.2) is 180 Å². The molecular formula is C62H57Cl3N20O15S7. The lowest BCUT2D eigenvalue weighted by Gasteiger charge is -2.11. The number of methoxy groups -OCH3 is 2. The molecule has 0 aliphatic heterocycles. The van der Waals surface area contributed by atoms with Gasteiger partial charge in [0.05, 0.1) is 105 Å². The van der Waals surface area contributed by atoms with E-state index in [0.29, 0.717) is 65.4 Å². The van der Waals surface area contributed by atoms with Crippen molar-refractivity contribution in [3.05, 3.63) is 130 Å². The number of phenolic OH excluding ortho intramolecular Hbond substituents is 4. The number of nitrogens with one attached hydrogen (secondary N) is 4. The molecule has 0 fully saturated rings. The zero-order chi connectivity index (χ0) is 78.1.